The molecule has 2 aromatic carbocycles. The van der Waals surface area contributed by atoms with Crippen molar-refractivity contribution < 1.29 is 37.3 Å². The van der Waals surface area contributed by atoms with Crippen molar-refractivity contribution >= 4 is 29.3 Å². The van der Waals surface area contributed by atoms with Gasteiger partial charge in [-0.15, -0.1) is 0 Å². The van der Waals surface area contributed by atoms with Crippen LogP contribution in [0.25, 0.3) is 22.4 Å². The molecule has 2 saturated heterocycles. The number of carboxylic acids is 1. The lowest BCUT2D eigenvalue weighted by molar-refractivity contribution is -0.141. The molecule has 55 heavy (non-hydrogen) atoms. The molecule has 0 unspecified atom stereocenters. The number of nitrogens with one attached hydrogen (secondary N) is 2. The number of pyridine rings is 1. The van der Waals surface area contributed by atoms with Crippen LogP contribution in [0.5, 0.6) is 11.8 Å². The number of alkyl halides is 3. The van der Waals surface area contributed by atoms with Gasteiger partial charge >= 0.3 is 12.1 Å². The molecular formula is C40H42ClF3N6O5. The third kappa shape index (κ3) is 8.20. The number of carbonyl (C=O) groups excluding carboxylic acids is 1. The fourth-order valence-corrected chi connectivity index (χ4v) is 8.31. The Morgan fingerprint density at radius 1 is 0.982 bits per heavy atom. The topological polar surface area (TPSA) is 139 Å². The number of hydrogen-bond acceptors (Lipinski definition) is 9. The molecule has 0 spiro atoms. The van der Waals surface area contributed by atoms with Crippen LogP contribution >= 0.6 is 11.6 Å². The number of rotatable bonds is 13. The van der Waals surface area contributed by atoms with Crippen LogP contribution in [0.15, 0.2) is 48.5 Å². The lowest BCUT2D eigenvalue weighted by Crippen LogP contribution is -2.25. The van der Waals surface area contributed by atoms with Gasteiger partial charge in [-0.3, -0.25) is 14.5 Å². The highest BCUT2D eigenvalue weighted by atomic mass is 35.5. The van der Waals surface area contributed by atoms with Gasteiger partial charge in [-0.1, -0.05) is 54.1 Å². The van der Waals surface area contributed by atoms with Crippen molar-refractivity contribution in [3.8, 4) is 34.1 Å². The van der Waals surface area contributed by atoms with E-state index < -0.39 is 35.6 Å². The van der Waals surface area contributed by atoms with E-state index in [1.807, 2.05) is 48.5 Å². The van der Waals surface area contributed by atoms with Crippen LogP contribution in [0.1, 0.15) is 72.6 Å². The van der Waals surface area contributed by atoms with Crippen molar-refractivity contribution in [2.75, 3.05) is 32.6 Å². The summed E-state index contributed by atoms with van der Waals surface area (Å²) in [5.41, 5.74) is 4.60. The molecule has 3 atom stereocenters. The number of anilines is 1. The Hall–Kier alpha value is -4.95. The van der Waals surface area contributed by atoms with Gasteiger partial charge in [-0.2, -0.15) is 18.2 Å². The second-order valence-corrected chi connectivity index (χ2v) is 14.6. The van der Waals surface area contributed by atoms with Crippen LogP contribution in [-0.4, -0.2) is 70.2 Å². The molecule has 15 heteroatoms. The molecule has 11 nitrogen and oxygen atoms in total. The first-order valence-corrected chi connectivity index (χ1v) is 18.8. The number of carboxylic acid groups (broad SMARTS) is 1. The molecule has 2 aliphatic heterocycles. The fraction of sp³-hybridized carbons (Fsp3) is 0.425. The summed E-state index contributed by atoms with van der Waals surface area (Å²) in [6.07, 6.45) is 0.633. The average Bonchev–Trinajstić information content (AvgIpc) is 3.92. The first kappa shape index (κ1) is 38.3. The van der Waals surface area contributed by atoms with Crippen molar-refractivity contribution in [3.05, 3.63) is 81.6 Å². The quantitative estimate of drug-likeness (QED) is 0.125. The third-order valence-electron chi connectivity index (χ3n) is 10.8. The van der Waals surface area contributed by atoms with E-state index in [2.05, 4.69) is 20.6 Å². The maximum absolute atomic E-state index is 14.5. The second-order valence-electron chi connectivity index (χ2n) is 14.3. The Morgan fingerprint density at radius 2 is 1.75 bits per heavy atom. The van der Waals surface area contributed by atoms with Crippen LogP contribution in [0, 0.1) is 5.92 Å². The van der Waals surface area contributed by atoms with Gasteiger partial charge in [0.25, 0.3) is 0 Å². The van der Waals surface area contributed by atoms with E-state index in [1.54, 1.807) is 12.0 Å². The number of methoxy groups -OCH3 is 2. The molecule has 1 aliphatic carbocycles. The molecule has 0 saturated carbocycles. The summed E-state index contributed by atoms with van der Waals surface area (Å²) in [7, 11) is 2.91. The van der Waals surface area contributed by atoms with Crippen molar-refractivity contribution in [2.45, 2.75) is 76.2 Å². The van der Waals surface area contributed by atoms with Gasteiger partial charge in [0.1, 0.15) is 5.69 Å². The Morgan fingerprint density at radius 3 is 2.45 bits per heavy atom. The number of ether oxygens (including phenoxy) is 2. The molecule has 7 rings (SSSR count). The van der Waals surface area contributed by atoms with Crippen molar-refractivity contribution in [3.63, 3.8) is 0 Å². The van der Waals surface area contributed by atoms with E-state index in [0.29, 0.717) is 54.4 Å². The number of aryl methyl sites for hydroxylation is 1. The Kier molecular flexibility index (Phi) is 11.2. The summed E-state index contributed by atoms with van der Waals surface area (Å²) in [6.45, 7) is 0.600. The van der Waals surface area contributed by atoms with E-state index in [-0.39, 0.29) is 36.6 Å². The van der Waals surface area contributed by atoms with Crippen LogP contribution < -0.4 is 20.1 Å². The summed E-state index contributed by atoms with van der Waals surface area (Å²) >= 11 is 7.13. The van der Waals surface area contributed by atoms with Gasteiger partial charge in [0.2, 0.25) is 17.7 Å². The predicted molar refractivity (Wildman–Crippen MR) is 200 cm³/mol. The maximum atomic E-state index is 14.5. The van der Waals surface area contributed by atoms with Gasteiger partial charge in [-0.05, 0) is 74.2 Å². The normalized spacial score (nSPS) is 19.7. The average molecular weight is 779 g/mol. The number of fused-ring (bicyclic) bond motifs is 1. The highest BCUT2D eigenvalue weighted by Crippen LogP contribution is 2.45. The van der Waals surface area contributed by atoms with Gasteiger partial charge in [0.15, 0.2) is 11.5 Å². The summed E-state index contributed by atoms with van der Waals surface area (Å²) in [6, 6.07) is 15.1. The molecule has 3 N–H and O–H groups in total. The molecule has 4 aromatic rings. The van der Waals surface area contributed by atoms with Gasteiger partial charge in [0.05, 0.1) is 36.9 Å². The first-order chi connectivity index (χ1) is 26.4. The van der Waals surface area contributed by atoms with Gasteiger partial charge in [-0.25, -0.2) is 9.97 Å². The predicted octanol–water partition coefficient (Wildman–Crippen LogP) is 7.50. The maximum Gasteiger partial charge on any atom is 0.437 e. The summed E-state index contributed by atoms with van der Waals surface area (Å²) in [5, 5.41) is 15.9. The number of aliphatic carboxylic acids is 1. The zero-order valence-corrected chi connectivity index (χ0v) is 31.3. The molecule has 3 aliphatic rings. The Bertz CT molecular complexity index is 2100. The second kappa shape index (κ2) is 16.0. The number of amides is 1. The molecule has 4 heterocycles. The molecule has 0 radical (unpaired) electrons. The lowest BCUT2D eigenvalue weighted by atomic mass is 9.94. The van der Waals surface area contributed by atoms with Gasteiger partial charge < -0.3 is 25.2 Å². The Balaban J connectivity index is 1.12. The largest absolute Gasteiger partial charge is 0.481 e. The van der Waals surface area contributed by atoms with Crippen LogP contribution in [0.2, 0.25) is 5.02 Å². The van der Waals surface area contributed by atoms with Crippen LogP contribution in [0.4, 0.5) is 19.0 Å². The number of halogens is 4. The van der Waals surface area contributed by atoms with E-state index in [4.69, 9.17) is 26.1 Å². The lowest BCUT2D eigenvalue weighted by Gasteiger charge is -2.22. The Labute approximate surface area is 321 Å². The van der Waals surface area contributed by atoms with E-state index in [0.717, 1.165) is 53.5 Å². The zero-order valence-electron chi connectivity index (χ0n) is 30.5. The van der Waals surface area contributed by atoms with Crippen molar-refractivity contribution in [2.24, 2.45) is 5.92 Å². The molecule has 1 amide bonds. The number of aromatic nitrogens is 3. The molecule has 2 aromatic heterocycles. The number of carbonyl (C=O) groups is 2. The van der Waals surface area contributed by atoms with Crippen LogP contribution in [-0.2, 0) is 35.2 Å². The summed E-state index contributed by atoms with van der Waals surface area (Å²) in [4.78, 5) is 37.8. The third-order valence-corrected chi connectivity index (χ3v) is 11.2. The molecule has 0 bridgehead atoms. The number of nitrogens with zero attached hydrogens (tertiary/aromatic N) is 4. The fourth-order valence-electron chi connectivity index (χ4n) is 7.99. The van der Waals surface area contributed by atoms with Crippen LogP contribution in [0.3, 0.4) is 0 Å². The van der Waals surface area contributed by atoms with Crippen molar-refractivity contribution in [1.82, 2.24) is 25.2 Å². The van der Waals surface area contributed by atoms with Crippen molar-refractivity contribution in [1.29, 1.82) is 0 Å². The SMILES string of the molecule is COc1nc(-c2cccc(-c3cccc4c3CC[C@@H]4Nc3nc(OC)c(CN4CC[C@@H](C(=O)O)C4)nc3C(F)(F)F)c2Cl)ccc1CCC[C@@H]1CCC(=O)N1. The zero-order chi connectivity index (χ0) is 38.9. The summed E-state index contributed by atoms with van der Waals surface area (Å²) < 4.78 is 54.6. The van der Waals surface area contributed by atoms with E-state index >= 15 is 0 Å². The number of likely N-dealkylation sites (tertiary alicyclic amines) is 1. The minimum atomic E-state index is -4.81. The smallest absolute Gasteiger partial charge is 0.437 e. The highest BCUT2D eigenvalue weighted by Gasteiger charge is 2.40. The molecular weight excluding hydrogens is 737 g/mol. The minimum absolute atomic E-state index is 0.00703. The first-order valence-electron chi connectivity index (χ1n) is 18.4. The summed E-state index contributed by atoms with van der Waals surface area (Å²) in [5.74, 6) is -1.40. The monoisotopic (exact) mass is 778 g/mol. The van der Waals surface area contributed by atoms with Gasteiger partial charge in [0, 0.05) is 42.2 Å². The van der Waals surface area contributed by atoms with E-state index in [9.17, 15) is 27.9 Å². The number of hydrogen-bond donors (Lipinski definition) is 3. The van der Waals surface area contributed by atoms with E-state index in [1.165, 1.54) is 7.11 Å². The highest BCUT2D eigenvalue weighted by molar-refractivity contribution is 6.36. The number of benzene rings is 2. The molecule has 2 fully saturated rings. The standard InChI is InChI=1S/C40H42ClF3N6O5/c1-54-37-22(6-3-7-24-13-17-33(51)45-24)12-15-31(48-37)29-11-5-10-28(34(29)41)25-8-4-9-27-26(25)14-16-30(27)47-36-35(40(42,43)44)46-32(38(49-36)55-2)21-50-19-18-23(20-50)39(52)53/h4-5,8-12,15,23-24,30H,3,6-7,13-14,16-21H2,1-2H3,(H,45,51)(H,47,49)(H,52,53)/t23-,24-,30+/m1/s1. The molecule has 290 valence electrons. The minimum Gasteiger partial charge on any atom is -0.481 e.